The predicted molar refractivity (Wildman–Crippen MR) is 339 cm³/mol. The van der Waals surface area contributed by atoms with Crippen LogP contribution in [0.3, 0.4) is 0 Å². The van der Waals surface area contributed by atoms with E-state index < -0.39 is 6.10 Å². The van der Waals surface area contributed by atoms with Gasteiger partial charge in [0, 0.05) is 19.3 Å². The number of unbranched alkanes of at least 4 members (excludes halogenated alkanes) is 24. The first-order valence-corrected chi connectivity index (χ1v) is 32.2. The van der Waals surface area contributed by atoms with Gasteiger partial charge < -0.3 is 14.2 Å². The first-order chi connectivity index (χ1) is 38.5. The monoisotopic (exact) mass is 1080 g/mol. The van der Waals surface area contributed by atoms with Gasteiger partial charge in [-0.15, -0.1) is 0 Å². The summed E-state index contributed by atoms with van der Waals surface area (Å²) in [5.41, 5.74) is 0. The van der Waals surface area contributed by atoms with Crippen LogP contribution in [0.5, 0.6) is 0 Å². The smallest absolute Gasteiger partial charge is 0.306 e. The van der Waals surface area contributed by atoms with Crippen LogP contribution in [-0.4, -0.2) is 37.2 Å². The molecule has 0 aliphatic carbocycles. The van der Waals surface area contributed by atoms with E-state index in [4.69, 9.17) is 14.2 Å². The van der Waals surface area contributed by atoms with Gasteiger partial charge in [0.1, 0.15) is 13.2 Å². The summed E-state index contributed by atoms with van der Waals surface area (Å²) in [5.74, 6) is -0.923. The molecule has 0 saturated heterocycles. The van der Waals surface area contributed by atoms with Crippen LogP contribution in [0.25, 0.3) is 0 Å². The molecule has 78 heavy (non-hydrogen) atoms. The van der Waals surface area contributed by atoms with Gasteiger partial charge in [-0.05, 0) is 135 Å². The second kappa shape index (κ2) is 65.1. The number of carbonyl (C=O) groups excluding carboxylic acids is 3. The van der Waals surface area contributed by atoms with Crippen LogP contribution in [0.2, 0.25) is 0 Å². The maximum atomic E-state index is 12.9. The number of allylic oxidation sites excluding steroid dienone is 22. The summed E-state index contributed by atoms with van der Waals surface area (Å²) in [6, 6.07) is 0. The number of ether oxygens (including phenoxy) is 3. The minimum atomic E-state index is -0.800. The van der Waals surface area contributed by atoms with Crippen molar-refractivity contribution in [1.29, 1.82) is 0 Å². The second-order valence-corrected chi connectivity index (χ2v) is 20.9. The fourth-order valence-corrected chi connectivity index (χ4v) is 8.61. The van der Waals surface area contributed by atoms with E-state index in [9.17, 15) is 14.4 Å². The molecule has 1 atom stereocenters. The highest BCUT2D eigenvalue weighted by molar-refractivity contribution is 5.71. The lowest BCUT2D eigenvalue weighted by Gasteiger charge is -2.18. The van der Waals surface area contributed by atoms with Gasteiger partial charge in [-0.25, -0.2) is 0 Å². The molecule has 0 amide bonds. The number of rotatable bonds is 57. The summed E-state index contributed by atoms with van der Waals surface area (Å²) in [5, 5.41) is 0. The summed E-state index contributed by atoms with van der Waals surface area (Å²) in [4.78, 5) is 38.4. The first-order valence-electron chi connectivity index (χ1n) is 32.2. The highest BCUT2D eigenvalue weighted by Gasteiger charge is 2.19. The van der Waals surface area contributed by atoms with Crippen LogP contribution in [0, 0.1) is 0 Å². The number of carbonyl (C=O) groups is 3. The molecule has 0 aliphatic heterocycles. The summed E-state index contributed by atoms with van der Waals surface area (Å²) in [7, 11) is 0. The topological polar surface area (TPSA) is 78.9 Å². The molecule has 6 nitrogen and oxygen atoms in total. The van der Waals surface area contributed by atoms with E-state index in [0.717, 1.165) is 148 Å². The van der Waals surface area contributed by atoms with Crippen molar-refractivity contribution in [3.63, 3.8) is 0 Å². The molecule has 0 saturated carbocycles. The van der Waals surface area contributed by atoms with E-state index >= 15 is 0 Å². The maximum Gasteiger partial charge on any atom is 0.306 e. The zero-order chi connectivity index (χ0) is 56.4. The normalized spacial score (nSPS) is 13.0. The molecule has 0 aliphatic rings. The Labute approximate surface area is 481 Å². The third-order valence-electron chi connectivity index (χ3n) is 13.4. The highest BCUT2D eigenvalue weighted by atomic mass is 16.6. The quantitative estimate of drug-likeness (QED) is 0.0261. The van der Waals surface area contributed by atoms with E-state index in [1.54, 1.807) is 0 Å². The van der Waals surface area contributed by atoms with Crippen molar-refractivity contribution in [2.24, 2.45) is 0 Å². The maximum absolute atomic E-state index is 12.9. The average molecular weight is 1080 g/mol. The zero-order valence-corrected chi connectivity index (χ0v) is 50.6. The van der Waals surface area contributed by atoms with Crippen molar-refractivity contribution in [2.75, 3.05) is 13.2 Å². The minimum absolute atomic E-state index is 0.0948. The SMILES string of the molecule is CC/C=C\C/C=C\C/C=C\C/C=C\C/C=C\C/C=C\CCCCCCCCC(=O)OCC(COC(=O)CCCCCCCCC/C=C\C/C=C\C/C=C\CC)OC(=O)CCCCCCCCC/C=C\C/C=C\CCCCCC. The number of hydrogen-bond acceptors (Lipinski definition) is 6. The summed E-state index contributed by atoms with van der Waals surface area (Å²) < 4.78 is 16.9. The molecule has 6 heteroatoms. The molecule has 442 valence electrons. The molecule has 1 unspecified atom stereocenters. The van der Waals surface area contributed by atoms with E-state index in [-0.39, 0.29) is 31.1 Å². The standard InChI is InChI=1S/C72H118O6/c1-4-7-10-13-16-19-22-25-28-31-33-34-35-36-37-38-39-42-44-47-50-53-56-59-62-65-71(74)77-68-69(67-76-70(73)64-61-58-55-52-49-46-43-40-30-27-24-21-18-15-12-9-6-3)78-72(75)66-63-60-57-54-51-48-45-41-32-29-26-23-20-17-14-11-8-5-2/h7,9-10,12,16,18-21,23,25,27-30,32-34,36-37,39,42,69H,4-6,8,11,13-15,17,22,24,26,31,35,38,40-41,43-68H2,1-3H3/b10-7-,12-9-,19-16-,21-18-,23-20-,28-25-,30-27-,32-29-,34-33-,37-36-,42-39-. The van der Waals surface area contributed by atoms with Crippen LogP contribution in [0.1, 0.15) is 284 Å². The van der Waals surface area contributed by atoms with Crippen molar-refractivity contribution in [2.45, 2.75) is 290 Å². The average Bonchev–Trinajstić information content (AvgIpc) is 3.44. The largest absolute Gasteiger partial charge is 0.462 e. The fourth-order valence-electron chi connectivity index (χ4n) is 8.61. The Morgan fingerprint density at radius 2 is 0.500 bits per heavy atom. The lowest BCUT2D eigenvalue weighted by atomic mass is 10.1. The molecule has 0 N–H and O–H groups in total. The van der Waals surface area contributed by atoms with Gasteiger partial charge in [0.05, 0.1) is 0 Å². The Morgan fingerprint density at radius 1 is 0.269 bits per heavy atom. The molecule has 0 bridgehead atoms. The molecule has 0 heterocycles. The van der Waals surface area contributed by atoms with Gasteiger partial charge >= 0.3 is 17.9 Å². The Bertz CT molecular complexity index is 1670. The van der Waals surface area contributed by atoms with Crippen LogP contribution >= 0.6 is 0 Å². The third kappa shape index (κ3) is 62.4. The van der Waals surface area contributed by atoms with Gasteiger partial charge in [-0.2, -0.15) is 0 Å². The lowest BCUT2D eigenvalue weighted by Crippen LogP contribution is -2.30. The Hall–Kier alpha value is -4.45. The van der Waals surface area contributed by atoms with Crippen molar-refractivity contribution >= 4 is 17.9 Å². The summed E-state index contributed by atoms with van der Waals surface area (Å²) in [6.45, 7) is 6.38. The molecule has 0 spiro atoms. The third-order valence-corrected chi connectivity index (χ3v) is 13.4. The molecular weight excluding hydrogens is 961 g/mol. The van der Waals surface area contributed by atoms with Gasteiger partial charge in [-0.1, -0.05) is 264 Å². The molecular formula is C72H118O6. The minimum Gasteiger partial charge on any atom is -0.462 e. The molecule has 0 aromatic carbocycles. The second-order valence-electron chi connectivity index (χ2n) is 20.9. The molecule has 0 aromatic heterocycles. The summed E-state index contributed by atoms with van der Waals surface area (Å²) in [6.07, 6.45) is 91.6. The van der Waals surface area contributed by atoms with Crippen molar-refractivity contribution in [1.82, 2.24) is 0 Å². The van der Waals surface area contributed by atoms with E-state index in [1.807, 2.05) is 0 Å². The molecule has 0 fully saturated rings. The Kier molecular flexibility index (Phi) is 61.4. The predicted octanol–water partition coefficient (Wildman–Crippen LogP) is 22.2. The molecule has 0 aromatic rings. The lowest BCUT2D eigenvalue weighted by molar-refractivity contribution is -0.167. The zero-order valence-electron chi connectivity index (χ0n) is 50.6. The molecule has 0 rings (SSSR count). The molecule has 0 radical (unpaired) electrons. The van der Waals surface area contributed by atoms with E-state index in [1.165, 1.54) is 96.3 Å². The van der Waals surface area contributed by atoms with Crippen LogP contribution in [0.4, 0.5) is 0 Å². The first kappa shape index (κ1) is 73.5. The van der Waals surface area contributed by atoms with E-state index in [0.29, 0.717) is 19.3 Å². The number of esters is 3. The van der Waals surface area contributed by atoms with Crippen LogP contribution in [0.15, 0.2) is 134 Å². The van der Waals surface area contributed by atoms with Crippen LogP contribution < -0.4 is 0 Å². The van der Waals surface area contributed by atoms with Crippen molar-refractivity contribution < 1.29 is 28.6 Å². The van der Waals surface area contributed by atoms with Crippen molar-refractivity contribution in [3.8, 4) is 0 Å². The summed E-state index contributed by atoms with van der Waals surface area (Å²) >= 11 is 0. The number of hydrogen-bond donors (Lipinski definition) is 0. The van der Waals surface area contributed by atoms with E-state index in [2.05, 4.69) is 154 Å². The van der Waals surface area contributed by atoms with Gasteiger partial charge in [0.15, 0.2) is 6.10 Å². The van der Waals surface area contributed by atoms with Gasteiger partial charge in [0.25, 0.3) is 0 Å². The highest BCUT2D eigenvalue weighted by Crippen LogP contribution is 2.15. The van der Waals surface area contributed by atoms with Gasteiger partial charge in [-0.3, -0.25) is 14.4 Å². The Morgan fingerprint density at radius 3 is 0.782 bits per heavy atom. The Balaban J connectivity index is 4.44. The fraction of sp³-hybridized carbons (Fsp3) is 0.653. The van der Waals surface area contributed by atoms with Gasteiger partial charge in [0.2, 0.25) is 0 Å². The van der Waals surface area contributed by atoms with Crippen molar-refractivity contribution in [3.05, 3.63) is 134 Å². The van der Waals surface area contributed by atoms with Crippen LogP contribution in [-0.2, 0) is 28.6 Å².